The van der Waals surface area contributed by atoms with Crippen LogP contribution in [0.4, 0.5) is 4.39 Å². The first-order valence-corrected chi connectivity index (χ1v) is 6.43. The predicted molar refractivity (Wildman–Crippen MR) is 74.2 cm³/mol. The predicted octanol–water partition coefficient (Wildman–Crippen LogP) is 2.67. The maximum absolute atomic E-state index is 13.5. The Hall–Kier alpha value is -1.91. The van der Waals surface area contributed by atoms with E-state index in [1.54, 1.807) is 27.7 Å². The van der Waals surface area contributed by atoms with Crippen LogP contribution in [0, 0.1) is 25.1 Å². The number of carboxylic acid groups (broad SMARTS) is 1. The summed E-state index contributed by atoms with van der Waals surface area (Å²) >= 11 is 0. The molecule has 0 fully saturated rings. The van der Waals surface area contributed by atoms with E-state index in [2.05, 4.69) is 5.32 Å². The molecule has 4 nitrogen and oxygen atoms in total. The Morgan fingerprint density at radius 2 is 1.75 bits per heavy atom. The number of carboxylic acids is 1. The van der Waals surface area contributed by atoms with Crippen LogP contribution in [0.25, 0.3) is 0 Å². The molecule has 0 aliphatic carbocycles. The van der Waals surface area contributed by atoms with Gasteiger partial charge in [0.15, 0.2) is 0 Å². The Bertz CT molecular complexity index is 515. The molecule has 20 heavy (non-hydrogen) atoms. The lowest BCUT2D eigenvalue weighted by atomic mass is 9.89. The maximum Gasteiger partial charge on any atom is 0.309 e. The number of rotatable bonds is 5. The molecule has 0 bridgehead atoms. The molecule has 0 heterocycles. The van der Waals surface area contributed by atoms with E-state index in [1.807, 2.05) is 0 Å². The monoisotopic (exact) mass is 281 g/mol. The molecule has 0 saturated heterocycles. The van der Waals surface area contributed by atoms with Gasteiger partial charge in [0.1, 0.15) is 5.82 Å². The van der Waals surface area contributed by atoms with Gasteiger partial charge in [-0.2, -0.15) is 0 Å². The van der Waals surface area contributed by atoms with E-state index in [1.165, 1.54) is 12.1 Å². The lowest BCUT2D eigenvalue weighted by Crippen LogP contribution is -2.32. The van der Waals surface area contributed by atoms with Crippen LogP contribution < -0.4 is 5.32 Å². The van der Waals surface area contributed by atoms with Gasteiger partial charge in [0, 0.05) is 12.1 Å². The van der Waals surface area contributed by atoms with E-state index < -0.39 is 11.4 Å². The van der Waals surface area contributed by atoms with Crippen molar-refractivity contribution in [3.05, 3.63) is 34.6 Å². The van der Waals surface area contributed by atoms with Gasteiger partial charge in [0.25, 0.3) is 5.91 Å². The van der Waals surface area contributed by atoms with Crippen LogP contribution in [0.5, 0.6) is 0 Å². The first-order chi connectivity index (χ1) is 9.15. The van der Waals surface area contributed by atoms with E-state index in [0.29, 0.717) is 23.1 Å². The Kier molecular flexibility index (Phi) is 4.87. The van der Waals surface area contributed by atoms with Crippen LogP contribution in [0.2, 0.25) is 0 Å². The first-order valence-electron chi connectivity index (χ1n) is 6.43. The van der Waals surface area contributed by atoms with E-state index in [0.717, 1.165) is 0 Å². The largest absolute Gasteiger partial charge is 0.481 e. The van der Waals surface area contributed by atoms with Crippen LogP contribution in [0.15, 0.2) is 12.1 Å². The Morgan fingerprint density at radius 1 is 1.25 bits per heavy atom. The van der Waals surface area contributed by atoms with Crippen molar-refractivity contribution in [2.24, 2.45) is 5.41 Å². The normalized spacial score (nSPS) is 11.2. The molecular weight excluding hydrogens is 261 g/mol. The Balaban J connectivity index is 2.67. The Labute approximate surface area is 118 Å². The fourth-order valence-electron chi connectivity index (χ4n) is 1.77. The Morgan fingerprint density at radius 3 is 2.20 bits per heavy atom. The first kappa shape index (κ1) is 16.1. The minimum atomic E-state index is -0.903. The molecule has 0 radical (unpaired) electrons. The molecule has 0 aliphatic heterocycles. The third kappa shape index (κ3) is 3.79. The van der Waals surface area contributed by atoms with Crippen LogP contribution >= 0.6 is 0 Å². The number of benzene rings is 1. The zero-order chi connectivity index (χ0) is 15.5. The second-order valence-corrected chi connectivity index (χ2v) is 5.62. The highest BCUT2D eigenvalue weighted by Gasteiger charge is 2.26. The summed E-state index contributed by atoms with van der Waals surface area (Å²) in [6.07, 6.45) is 0.327. The summed E-state index contributed by atoms with van der Waals surface area (Å²) in [5.41, 5.74) is 0.332. The van der Waals surface area contributed by atoms with Gasteiger partial charge in [0.2, 0.25) is 0 Å². The average Bonchev–Trinajstić information content (AvgIpc) is 2.34. The van der Waals surface area contributed by atoms with Gasteiger partial charge in [-0.3, -0.25) is 9.59 Å². The molecule has 1 aromatic rings. The van der Waals surface area contributed by atoms with Gasteiger partial charge in [-0.15, -0.1) is 0 Å². The fraction of sp³-hybridized carbons (Fsp3) is 0.467. The quantitative estimate of drug-likeness (QED) is 0.872. The number of carbonyl (C=O) groups is 2. The molecule has 0 saturated carbocycles. The van der Waals surface area contributed by atoms with Crippen molar-refractivity contribution in [1.29, 1.82) is 0 Å². The molecule has 1 amide bonds. The number of carbonyl (C=O) groups excluding carboxylic acids is 1. The molecule has 110 valence electrons. The number of hydrogen-bond acceptors (Lipinski definition) is 2. The minimum absolute atomic E-state index is 0.258. The average molecular weight is 281 g/mol. The van der Waals surface area contributed by atoms with E-state index >= 15 is 0 Å². The lowest BCUT2D eigenvalue weighted by molar-refractivity contribution is -0.147. The SMILES string of the molecule is Cc1cc(C(=O)NCCC(C)(C)C(=O)O)cc(C)c1F. The minimum Gasteiger partial charge on any atom is -0.481 e. The highest BCUT2D eigenvalue weighted by Crippen LogP contribution is 2.19. The smallest absolute Gasteiger partial charge is 0.309 e. The van der Waals surface area contributed by atoms with Crippen LogP contribution in [0.1, 0.15) is 41.8 Å². The summed E-state index contributed by atoms with van der Waals surface area (Å²) < 4.78 is 13.5. The van der Waals surface area contributed by atoms with Crippen molar-refractivity contribution in [2.45, 2.75) is 34.1 Å². The third-order valence-electron chi connectivity index (χ3n) is 3.31. The van der Waals surface area contributed by atoms with E-state index in [9.17, 15) is 14.0 Å². The fourth-order valence-corrected chi connectivity index (χ4v) is 1.77. The van der Waals surface area contributed by atoms with Crippen molar-refractivity contribution >= 4 is 11.9 Å². The number of halogens is 1. The number of aryl methyl sites for hydroxylation is 2. The molecule has 0 atom stereocenters. The third-order valence-corrected chi connectivity index (χ3v) is 3.31. The van der Waals surface area contributed by atoms with Crippen molar-refractivity contribution in [1.82, 2.24) is 5.32 Å². The van der Waals surface area contributed by atoms with Crippen molar-refractivity contribution in [2.75, 3.05) is 6.54 Å². The zero-order valence-corrected chi connectivity index (χ0v) is 12.2. The summed E-state index contributed by atoms with van der Waals surface area (Å²) in [4.78, 5) is 22.9. The topological polar surface area (TPSA) is 66.4 Å². The summed E-state index contributed by atoms with van der Waals surface area (Å²) in [7, 11) is 0. The number of hydrogen-bond donors (Lipinski definition) is 2. The van der Waals surface area contributed by atoms with Gasteiger partial charge < -0.3 is 10.4 Å². The highest BCUT2D eigenvalue weighted by atomic mass is 19.1. The highest BCUT2D eigenvalue weighted by molar-refractivity contribution is 5.94. The number of amides is 1. The van der Waals surface area contributed by atoms with Crippen molar-refractivity contribution < 1.29 is 19.1 Å². The van der Waals surface area contributed by atoms with Crippen LogP contribution in [-0.2, 0) is 4.79 Å². The van der Waals surface area contributed by atoms with Crippen LogP contribution in [0.3, 0.4) is 0 Å². The molecule has 2 N–H and O–H groups in total. The molecular formula is C15H20FNO3. The van der Waals surface area contributed by atoms with E-state index in [-0.39, 0.29) is 18.3 Å². The standard InChI is InChI=1S/C15H20FNO3/c1-9-7-11(8-10(2)12(9)16)13(18)17-6-5-15(3,4)14(19)20/h7-8H,5-6H2,1-4H3,(H,17,18)(H,19,20). The molecule has 0 aliphatic rings. The van der Waals surface area contributed by atoms with Gasteiger partial charge in [0.05, 0.1) is 5.41 Å². The lowest BCUT2D eigenvalue weighted by Gasteiger charge is -2.19. The van der Waals surface area contributed by atoms with Gasteiger partial charge >= 0.3 is 5.97 Å². The van der Waals surface area contributed by atoms with Crippen molar-refractivity contribution in [3.63, 3.8) is 0 Å². The molecule has 1 aromatic carbocycles. The van der Waals surface area contributed by atoms with Gasteiger partial charge in [-0.05, 0) is 57.4 Å². The van der Waals surface area contributed by atoms with Gasteiger partial charge in [-0.1, -0.05) is 0 Å². The molecule has 1 rings (SSSR count). The second-order valence-electron chi connectivity index (χ2n) is 5.62. The summed E-state index contributed by atoms with van der Waals surface area (Å²) in [5, 5.41) is 11.6. The summed E-state index contributed by atoms with van der Waals surface area (Å²) in [5.74, 6) is -1.54. The molecule has 0 spiro atoms. The molecule has 0 unspecified atom stereocenters. The maximum atomic E-state index is 13.5. The van der Waals surface area contributed by atoms with Crippen molar-refractivity contribution in [3.8, 4) is 0 Å². The zero-order valence-electron chi connectivity index (χ0n) is 12.2. The van der Waals surface area contributed by atoms with E-state index in [4.69, 9.17) is 5.11 Å². The number of nitrogens with one attached hydrogen (secondary N) is 1. The van der Waals surface area contributed by atoms with Crippen LogP contribution in [-0.4, -0.2) is 23.5 Å². The summed E-state index contributed by atoms with van der Waals surface area (Å²) in [6, 6.07) is 2.97. The molecule has 0 aromatic heterocycles. The summed E-state index contributed by atoms with van der Waals surface area (Å²) in [6.45, 7) is 6.67. The van der Waals surface area contributed by atoms with Gasteiger partial charge in [-0.25, -0.2) is 4.39 Å². The second kappa shape index (κ2) is 6.03. The molecule has 5 heteroatoms. The number of aliphatic carboxylic acids is 1.